The SMILES string of the molecule is OB(O)O.c1cc2ccc1[nH]2. The van der Waals surface area contributed by atoms with E-state index in [2.05, 4.69) is 29.2 Å². The lowest BCUT2D eigenvalue weighted by Crippen LogP contribution is -2.07. The smallest absolute Gasteiger partial charge is 0.402 e. The molecule has 2 rings (SSSR count). The minimum Gasteiger partial charge on any atom is -0.402 e. The van der Waals surface area contributed by atoms with Crippen LogP contribution in [0.25, 0.3) is 11.0 Å². The van der Waals surface area contributed by atoms with E-state index in [9.17, 15) is 0 Å². The molecule has 0 radical (unpaired) electrons. The number of H-pyrrole nitrogens is 1. The molecule has 58 valence electrons. The van der Waals surface area contributed by atoms with Crippen LogP contribution in [-0.2, 0) is 0 Å². The van der Waals surface area contributed by atoms with Crippen molar-refractivity contribution in [2.45, 2.75) is 0 Å². The van der Waals surface area contributed by atoms with Gasteiger partial charge < -0.3 is 20.1 Å². The van der Waals surface area contributed by atoms with Crippen molar-refractivity contribution in [3.8, 4) is 0 Å². The predicted molar refractivity (Wildman–Crippen MR) is 41.9 cm³/mol. The summed E-state index contributed by atoms with van der Waals surface area (Å²) >= 11 is 0. The normalized spacial score (nSPS) is 9.36. The molecule has 0 fully saturated rings. The quantitative estimate of drug-likeness (QED) is 0.387. The van der Waals surface area contributed by atoms with Gasteiger partial charge in [0.15, 0.2) is 0 Å². The fourth-order valence-corrected chi connectivity index (χ4v) is 0.804. The van der Waals surface area contributed by atoms with Crippen molar-refractivity contribution in [3.05, 3.63) is 24.3 Å². The maximum Gasteiger partial charge on any atom is 0.631 e. The number of aromatic amines is 1. The Morgan fingerprint density at radius 2 is 1.18 bits per heavy atom. The van der Waals surface area contributed by atoms with E-state index >= 15 is 0 Å². The first-order valence-electron chi connectivity index (χ1n) is 3.10. The zero-order chi connectivity index (χ0) is 8.27. The minimum absolute atomic E-state index is 1.22. The summed E-state index contributed by atoms with van der Waals surface area (Å²) in [6, 6.07) is 8.26. The monoisotopic (exact) mass is 153 g/mol. The van der Waals surface area contributed by atoms with Gasteiger partial charge in [-0.05, 0) is 24.3 Å². The van der Waals surface area contributed by atoms with Crippen LogP contribution in [0.3, 0.4) is 0 Å². The van der Waals surface area contributed by atoms with Crippen molar-refractivity contribution >= 4 is 18.4 Å². The Kier molecular flexibility index (Phi) is 2.48. The summed E-state index contributed by atoms with van der Waals surface area (Å²) < 4.78 is 0. The second-order valence-electron chi connectivity index (χ2n) is 2.05. The summed E-state index contributed by atoms with van der Waals surface area (Å²) in [5.41, 5.74) is 2.44. The molecular formula is C6H8BNO3. The largest absolute Gasteiger partial charge is 0.631 e. The Hall–Kier alpha value is -1.04. The maximum absolute atomic E-state index is 7.17. The molecule has 0 spiro atoms. The molecule has 2 aromatic heterocycles. The van der Waals surface area contributed by atoms with Gasteiger partial charge in [0, 0.05) is 11.0 Å². The van der Waals surface area contributed by atoms with Crippen LogP contribution in [0, 0.1) is 0 Å². The second-order valence-corrected chi connectivity index (χ2v) is 2.05. The first-order valence-corrected chi connectivity index (χ1v) is 3.10. The highest BCUT2D eigenvalue weighted by atomic mass is 16.5. The zero-order valence-electron chi connectivity index (χ0n) is 5.73. The van der Waals surface area contributed by atoms with Gasteiger partial charge in [0.25, 0.3) is 0 Å². The average Bonchev–Trinajstić information content (AvgIpc) is 2.45. The van der Waals surface area contributed by atoms with Crippen LogP contribution < -0.4 is 0 Å². The highest BCUT2D eigenvalue weighted by Crippen LogP contribution is 2.07. The minimum atomic E-state index is -2.17. The number of fused-ring (bicyclic) bond motifs is 2. The molecule has 0 aromatic carbocycles. The van der Waals surface area contributed by atoms with Gasteiger partial charge in [0.1, 0.15) is 0 Å². The standard InChI is InChI=1S/C6H5N.BH3O3/c1-2-6-4-3-5(1)7-6;2-1(3)4/h1-4,7H;2-4H. The number of hydrogen-bond acceptors (Lipinski definition) is 3. The van der Waals surface area contributed by atoms with Gasteiger partial charge in [-0.3, -0.25) is 0 Å². The van der Waals surface area contributed by atoms with Gasteiger partial charge in [-0.15, -0.1) is 0 Å². The van der Waals surface area contributed by atoms with E-state index < -0.39 is 7.32 Å². The Morgan fingerprint density at radius 1 is 0.909 bits per heavy atom. The van der Waals surface area contributed by atoms with Crippen LogP contribution in [0.1, 0.15) is 0 Å². The fourth-order valence-electron chi connectivity index (χ4n) is 0.804. The maximum atomic E-state index is 7.17. The Labute approximate surface area is 63.6 Å². The molecule has 4 nitrogen and oxygen atoms in total. The molecular weight excluding hydrogens is 145 g/mol. The highest BCUT2D eigenvalue weighted by molar-refractivity contribution is 6.30. The van der Waals surface area contributed by atoms with Gasteiger partial charge in [-0.2, -0.15) is 0 Å². The Balaban J connectivity index is 0.000000134. The molecule has 0 unspecified atom stereocenters. The van der Waals surface area contributed by atoms with Gasteiger partial charge >= 0.3 is 7.32 Å². The van der Waals surface area contributed by atoms with E-state index in [0.717, 1.165) is 0 Å². The van der Waals surface area contributed by atoms with Crippen molar-refractivity contribution in [3.63, 3.8) is 0 Å². The van der Waals surface area contributed by atoms with Gasteiger partial charge in [-0.25, -0.2) is 0 Å². The number of hydrogen-bond donors (Lipinski definition) is 4. The van der Waals surface area contributed by atoms with Gasteiger partial charge in [0.05, 0.1) is 0 Å². The lowest BCUT2D eigenvalue weighted by atomic mass is 10.3. The van der Waals surface area contributed by atoms with Crippen LogP contribution in [0.15, 0.2) is 24.3 Å². The van der Waals surface area contributed by atoms with Gasteiger partial charge in [0.2, 0.25) is 0 Å². The van der Waals surface area contributed by atoms with Crippen LogP contribution in [-0.4, -0.2) is 27.4 Å². The number of benzene rings is 1. The van der Waals surface area contributed by atoms with Crippen molar-refractivity contribution in [1.82, 2.24) is 4.98 Å². The van der Waals surface area contributed by atoms with E-state index in [-0.39, 0.29) is 0 Å². The topological polar surface area (TPSA) is 76.5 Å². The Morgan fingerprint density at radius 3 is 1.27 bits per heavy atom. The third-order valence-corrected chi connectivity index (χ3v) is 1.17. The molecule has 2 bridgehead atoms. The van der Waals surface area contributed by atoms with E-state index in [1.165, 1.54) is 11.0 Å². The number of nitrogens with one attached hydrogen (secondary N) is 1. The lowest BCUT2D eigenvalue weighted by Gasteiger charge is -1.69. The molecule has 0 saturated carbocycles. The van der Waals surface area contributed by atoms with Crippen molar-refractivity contribution in [2.24, 2.45) is 0 Å². The molecule has 0 saturated heterocycles. The summed E-state index contributed by atoms with van der Waals surface area (Å²) in [5.74, 6) is 0. The summed E-state index contributed by atoms with van der Waals surface area (Å²) in [7, 11) is -2.17. The molecule has 4 N–H and O–H groups in total. The second kappa shape index (κ2) is 3.38. The molecule has 0 aliphatic carbocycles. The van der Waals surface area contributed by atoms with E-state index in [0.29, 0.717) is 0 Å². The molecule has 0 aliphatic rings. The molecule has 0 amide bonds. The highest BCUT2D eigenvalue weighted by Gasteiger charge is 1.92. The van der Waals surface area contributed by atoms with E-state index in [1.54, 1.807) is 0 Å². The summed E-state index contributed by atoms with van der Waals surface area (Å²) in [6.07, 6.45) is 0. The van der Waals surface area contributed by atoms with E-state index in [4.69, 9.17) is 15.1 Å². The van der Waals surface area contributed by atoms with Crippen molar-refractivity contribution < 1.29 is 15.1 Å². The van der Waals surface area contributed by atoms with Gasteiger partial charge in [-0.1, -0.05) is 0 Å². The molecule has 0 atom stereocenters. The van der Waals surface area contributed by atoms with Crippen molar-refractivity contribution in [2.75, 3.05) is 0 Å². The lowest BCUT2D eigenvalue weighted by molar-refractivity contribution is 0.278. The molecule has 5 heteroatoms. The molecule has 2 heterocycles. The third kappa shape index (κ3) is 2.59. The van der Waals surface area contributed by atoms with Crippen LogP contribution in [0.4, 0.5) is 0 Å². The number of aromatic nitrogens is 1. The summed E-state index contributed by atoms with van der Waals surface area (Å²) in [5, 5.41) is 21.5. The average molecular weight is 153 g/mol. The predicted octanol–water partition coefficient (Wildman–Crippen LogP) is -0.446. The first kappa shape index (κ1) is 8.07. The molecule has 2 aromatic rings. The van der Waals surface area contributed by atoms with Crippen LogP contribution in [0.5, 0.6) is 0 Å². The first-order chi connectivity index (χ1) is 5.18. The summed E-state index contributed by atoms with van der Waals surface area (Å²) in [6.45, 7) is 0. The summed E-state index contributed by atoms with van der Waals surface area (Å²) in [4.78, 5) is 3.14. The van der Waals surface area contributed by atoms with Crippen molar-refractivity contribution in [1.29, 1.82) is 0 Å². The zero-order valence-corrected chi connectivity index (χ0v) is 5.73. The van der Waals surface area contributed by atoms with Crippen LogP contribution >= 0.6 is 0 Å². The third-order valence-electron chi connectivity index (χ3n) is 1.17. The number of rotatable bonds is 0. The molecule has 0 aliphatic heterocycles. The Bertz CT molecular complexity index is 247. The molecule has 11 heavy (non-hydrogen) atoms. The van der Waals surface area contributed by atoms with Crippen LogP contribution in [0.2, 0.25) is 0 Å². The van der Waals surface area contributed by atoms with E-state index in [1.807, 2.05) is 0 Å². The fraction of sp³-hybridized carbons (Fsp3) is 0.